The average molecular weight is 239 g/mol. The summed E-state index contributed by atoms with van der Waals surface area (Å²) in [4.78, 5) is 8.98. The Morgan fingerprint density at radius 1 is 1.06 bits per heavy atom. The summed E-state index contributed by atoms with van der Waals surface area (Å²) in [5.41, 5.74) is 3.41. The van der Waals surface area contributed by atoms with Gasteiger partial charge in [-0.25, -0.2) is 9.97 Å². The minimum absolute atomic E-state index is 0.921. The van der Waals surface area contributed by atoms with Crippen LogP contribution < -0.4 is 5.32 Å². The second kappa shape index (κ2) is 6.86. The molecule has 0 saturated carbocycles. The zero-order valence-electron chi connectivity index (χ0n) is 10.6. The van der Waals surface area contributed by atoms with E-state index in [0.717, 1.165) is 28.8 Å². The van der Waals surface area contributed by atoms with Gasteiger partial charge >= 0.3 is 0 Å². The van der Waals surface area contributed by atoms with Gasteiger partial charge in [0.05, 0.1) is 0 Å². The molecule has 1 heterocycles. The molecule has 0 aliphatic rings. The van der Waals surface area contributed by atoms with E-state index in [-0.39, 0.29) is 0 Å². The van der Waals surface area contributed by atoms with Crippen LogP contribution in [0.4, 0.5) is 0 Å². The number of aromatic nitrogens is 2. The molecule has 0 spiro atoms. The van der Waals surface area contributed by atoms with E-state index in [9.17, 15) is 0 Å². The van der Waals surface area contributed by atoms with Gasteiger partial charge in [0.1, 0.15) is 0 Å². The lowest BCUT2D eigenvalue weighted by atomic mass is 10.2. The molecule has 0 aliphatic heterocycles. The fourth-order valence-electron chi connectivity index (χ4n) is 1.37. The average Bonchev–Trinajstić information content (AvgIpc) is 2.25. The Morgan fingerprint density at radius 3 is 2.25 bits per heavy atom. The first-order valence-electron chi connectivity index (χ1n) is 5.74. The minimum atomic E-state index is 0.921. The van der Waals surface area contributed by atoms with Crippen molar-refractivity contribution in [3.8, 4) is 0 Å². The molecule has 0 saturated heterocycles. The van der Waals surface area contributed by atoms with Crippen LogP contribution in [0, 0.1) is 20.8 Å². The van der Waals surface area contributed by atoms with Crippen LogP contribution >= 0.6 is 11.8 Å². The van der Waals surface area contributed by atoms with E-state index in [0.29, 0.717) is 0 Å². The Labute approximate surface area is 102 Å². The fraction of sp³-hybridized carbons (Fsp3) is 0.667. The number of hydrogen-bond acceptors (Lipinski definition) is 4. The molecule has 1 N–H and O–H groups in total. The van der Waals surface area contributed by atoms with Crippen molar-refractivity contribution in [2.24, 2.45) is 0 Å². The van der Waals surface area contributed by atoms with Gasteiger partial charge in [-0.05, 0) is 52.8 Å². The molecule has 1 rings (SSSR count). The highest BCUT2D eigenvalue weighted by atomic mass is 32.2. The van der Waals surface area contributed by atoms with Crippen molar-refractivity contribution in [3.63, 3.8) is 0 Å². The zero-order valence-corrected chi connectivity index (χ0v) is 11.4. The summed E-state index contributed by atoms with van der Waals surface area (Å²) in [5, 5.41) is 4.07. The van der Waals surface area contributed by atoms with Crippen LogP contribution in [-0.2, 0) is 0 Å². The summed E-state index contributed by atoms with van der Waals surface area (Å²) >= 11 is 1.76. The highest BCUT2D eigenvalue weighted by Crippen LogP contribution is 2.18. The molecule has 0 atom stereocenters. The van der Waals surface area contributed by atoms with E-state index in [1.807, 2.05) is 7.05 Å². The van der Waals surface area contributed by atoms with Crippen LogP contribution in [0.3, 0.4) is 0 Å². The Morgan fingerprint density at radius 2 is 1.69 bits per heavy atom. The van der Waals surface area contributed by atoms with Gasteiger partial charge in [0, 0.05) is 17.1 Å². The maximum absolute atomic E-state index is 4.49. The van der Waals surface area contributed by atoms with Crippen LogP contribution in [0.1, 0.15) is 29.8 Å². The first kappa shape index (κ1) is 13.5. The largest absolute Gasteiger partial charge is 0.320 e. The van der Waals surface area contributed by atoms with Crippen LogP contribution in [-0.4, -0.2) is 29.3 Å². The number of hydrogen-bond donors (Lipinski definition) is 1. The van der Waals surface area contributed by atoms with Crippen molar-refractivity contribution >= 4 is 11.8 Å². The molecule has 0 amide bonds. The van der Waals surface area contributed by atoms with Crippen LogP contribution in [0.2, 0.25) is 0 Å². The normalized spacial score (nSPS) is 10.8. The van der Waals surface area contributed by atoms with E-state index in [1.54, 1.807) is 11.8 Å². The third kappa shape index (κ3) is 4.10. The van der Waals surface area contributed by atoms with Gasteiger partial charge in [-0.2, -0.15) is 0 Å². The highest BCUT2D eigenvalue weighted by Gasteiger charge is 2.04. The van der Waals surface area contributed by atoms with Gasteiger partial charge in [0.15, 0.2) is 5.16 Å². The predicted octanol–water partition coefficient (Wildman–Crippen LogP) is 2.49. The maximum Gasteiger partial charge on any atom is 0.187 e. The van der Waals surface area contributed by atoms with Crippen LogP contribution in [0.5, 0.6) is 0 Å². The molecule has 1 aromatic heterocycles. The molecule has 16 heavy (non-hydrogen) atoms. The highest BCUT2D eigenvalue weighted by molar-refractivity contribution is 7.99. The van der Waals surface area contributed by atoms with Crippen molar-refractivity contribution in [2.45, 2.75) is 38.8 Å². The van der Waals surface area contributed by atoms with E-state index in [2.05, 4.69) is 36.1 Å². The maximum atomic E-state index is 4.49. The number of rotatable bonds is 6. The number of thioether (sulfide) groups is 1. The van der Waals surface area contributed by atoms with Crippen molar-refractivity contribution in [3.05, 3.63) is 17.0 Å². The standard InChI is InChI=1S/C12H21N3S/c1-9-10(2)14-12(15-11(9)3)16-8-6-5-7-13-4/h13H,5-8H2,1-4H3. The summed E-state index contributed by atoms with van der Waals surface area (Å²) in [5.74, 6) is 1.10. The van der Waals surface area contributed by atoms with Gasteiger partial charge < -0.3 is 5.32 Å². The summed E-state index contributed by atoms with van der Waals surface area (Å²) < 4.78 is 0. The molecule has 0 bridgehead atoms. The lowest BCUT2D eigenvalue weighted by molar-refractivity contribution is 0.714. The summed E-state index contributed by atoms with van der Waals surface area (Å²) in [6.07, 6.45) is 2.42. The van der Waals surface area contributed by atoms with Crippen LogP contribution in [0.25, 0.3) is 0 Å². The fourth-order valence-corrected chi connectivity index (χ4v) is 2.31. The van der Waals surface area contributed by atoms with E-state index in [1.165, 1.54) is 18.4 Å². The molecule has 90 valence electrons. The number of aryl methyl sites for hydroxylation is 2. The number of nitrogens with zero attached hydrogens (tertiary/aromatic N) is 2. The first-order valence-corrected chi connectivity index (χ1v) is 6.73. The van der Waals surface area contributed by atoms with Crippen molar-refractivity contribution in [1.82, 2.24) is 15.3 Å². The molecule has 0 aromatic carbocycles. The molecule has 0 unspecified atom stereocenters. The second-order valence-electron chi connectivity index (χ2n) is 3.96. The minimum Gasteiger partial charge on any atom is -0.320 e. The second-order valence-corrected chi connectivity index (χ2v) is 5.02. The number of unbranched alkanes of at least 4 members (excludes halogenated alkanes) is 1. The summed E-state index contributed by atoms with van der Waals surface area (Å²) in [6.45, 7) is 7.27. The van der Waals surface area contributed by atoms with E-state index >= 15 is 0 Å². The van der Waals surface area contributed by atoms with Crippen molar-refractivity contribution in [2.75, 3.05) is 19.3 Å². The van der Waals surface area contributed by atoms with Gasteiger partial charge in [-0.3, -0.25) is 0 Å². The van der Waals surface area contributed by atoms with Gasteiger partial charge in [-0.1, -0.05) is 11.8 Å². The van der Waals surface area contributed by atoms with Crippen molar-refractivity contribution < 1.29 is 0 Å². The van der Waals surface area contributed by atoms with Gasteiger partial charge in [0.2, 0.25) is 0 Å². The Balaban J connectivity index is 2.43. The topological polar surface area (TPSA) is 37.8 Å². The molecular weight excluding hydrogens is 218 g/mol. The Bertz CT molecular complexity index is 316. The molecule has 3 nitrogen and oxygen atoms in total. The zero-order chi connectivity index (χ0) is 12.0. The Kier molecular flexibility index (Phi) is 5.77. The summed E-state index contributed by atoms with van der Waals surface area (Å²) in [6, 6.07) is 0. The quantitative estimate of drug-likeness (QED) is 0.470. The molecule has 0 aliphatic carbocycles. The van der Waals surface area contributed by atoms with E-state index in [4.69, 9.17) is 0 Å². The van der Waals surface area contributed by atoms with Crippen molar-refractivity contribution in [1.29, 1.82) is 0 Å². The molecular formula is C12H21N3S. The number of nitrogens with one attached hydrogen (secondary N) is 1. The third-order valence-corrected chi connectivity index (χ3v) is 3.60. The molecule has 4 heteroatoms. The smallest absolute Gasteiger partial charge is 0.187 e. The SMILES string of the molecule is CNCCCCSc1nc(C)c(C)c(C)n1. The first-order chi connectivity index (χ1) is 7.65. The predicted molar refractivity (Wildman–Crippen MR) is 70.1 cm³/mol. The lowest BCUT2D eigenvalue weighted by Crippen LogP contribution is -2.07. The van der Waals surface area contributed by atoms with E-state index < -0.39 is 0 Å². The van der Waals surface area contributed by atoms with Gasteiger partial charge in [0.25, 0.3) is 0 Å². The molecule has 0 radical (unpaired) electrons. The summed E-state index contributed by atoms with van der Waals surface area (Å²) in [7, 11) is 1.99. The lowest BCUT2D eigenvalue weighted by Gasteiger charge is -2.06. The molecule has 0 fully saturated rings. The molecule has 1 aromatic rings. The third-order valence-electron chi connectivity index (χ3n) is 2.66. The Hall–Kier alpha value is -0.610. The van der Waals surface area contributed by atoms with Gasteiger partial charge in [-0.15, -0.1) is 0 Å². The van der Waals surface area contributed by atoms with Crippen LogP contribution in [0.15, 0.2) is 5.16 Å². The monoisotopic (exact) mass is 239 g/mol.